The number of esters is 1. The fraction of sp³-hybridized carbons (Fsp3) is 0.600. The summed E-state index contributed by atoms with van der Waals surface area (Å²) in [4.78, 5) is 15.0. The van der Waals surface area contributed by atoms with Crippen molar-refractivity contribution in [3.05, 3.63) is 11.1 Å². The number of hydrogen-bond acceptors (Lipinski definition) is 5. The van der Waals surface area contributed by atoms with Gasteiger partial charge >= 0.3 is 12.1 Å². The minimum Gasteiger partial charge on any atom is -0.464 e. The molecule has 0 aliphatic carbocycles. The number of nitrogens with one attached hydrogen (secondary N) is 1. The Labute approximate surface area is 106 Å². The number of anilines is 1. The maximum atomic E-state index is 11.9. The van der Waals surface area contributed by atoms with Gasteiger partial charge in [0.05, 0.1) is 7.11 Å². The number of thiazole rings is 1. The molecule has 0 saturated heterocycles. The van der Waals surface area contributed by atoms with E-state index in [9.17, 15) is 18.0 Å². The third-order valence-electron chi connectivity index (χ3n) is 2.06. The Morgan fingerprint density at radius 3 is 2.83 bits per heavy atom. The number of hydrogen-bond donors (Lipinski definition) is 1. The molecule has 8 heteroatoms. The zero-order chi connectivity index (χ0) is 13.6. The zero-order valence-corrected chi connectivity index (χ0v) is 10.5. The summed E-state index contributed by atoms with van der Waals surface area (Å²) in [7, 11) is 1.26. The number of carbonyl (C=O) groups is 1. The average Bonchev–Trinajstić information content (AvgIpc) is 2.75. The first-order valence-corrected chi connectivity index (χ1v) is 6.15. The Hall–Kier alpha value is -1.31. The molecule has 1 rings (SSSR count). The van der Waals surface area contributed by atoms with Crippen molar-refractivity contribution in [3.63, 3.8) is 0 Å². The van der Waals surface area contributed by atoms with Crippen molar-refractivity contribution in [2.24, 2.45) is 0 Å². The summed E-state index contributed by atoms with van der Waals surface area (Å²) in [6, 6.07) is 0. The molecule has 1 aromatic rings. The Kier molecular flexibility index (Phi) is 5.39. The normalized spacial score (nSPS) is 11.3. The summed E-state index contributed by atoms with van der Waals surface area (Å²) in [5, 5.41) is 4.90. The molecule has 102 valence electrons. The first kappa shape index (κ1) is 14.7. The van der Waals surface area contributed by atoms with Crippen LogP contribution in [0.5, 0.6) is 0 Å². The zero-order valence-electron chi connectivity index (χ0n) is 9.71. The molecule has 0 saturated carbocycles. The van der Waals surface area contributed by atoms with Crippen LogP contribution < -0.4 is 5.32 Å². The molecule has 0 spiro atoms. The summed E-state index contributed by atoms with van der Waals surface area (Å²) in [5.41, 5.74) is 0.195. The van der Waals surface area contributed by atoms with E-state index in [1.54, 1.807) is 0 Å². The summed E-state index contributed by atoms with van der Waals surface area (Å²) in [6.45, 7) is 0.393. The quantitative estimate of drug-likeness (QED) is 0.643. The van der Waals surface area contributed by atoms with Crippen LogP contribution in [0.4, 0.5) is 18.3 Å². The van der Waals surface area contributed by atoms with Crippen molar-refractivity contribution < 1.29 is 22.7 Å². The SMILES string of the molecule is COC(=O)c1csc(NCCCCC(F)(F)F)n1. The van der Waals surface area contributed by atoms with Crippen LogP contribution in [-0.4, -0.2) is 30.8 Å². The number of carbonyl (C=O) groups excluding carboxylic acids is 1. The maximum Gasteiger partial charge on any atom is 0.389 e. The van der Waals surface area contributed by atoms with Crippen LogP contribution in [0, 0.1) is 0 Å². The van der Waals surface area contributed by atoms with Gasteiger partial charge in [0.2, 0.25) is 0 Å². The molecule has 0 amide bonds. The van der Waals surface area contributed by atoms with Crippen molar-refractivity contribution >= 4 is 22.4 Å². The summed E-state index contributed by atoms with van der Waals surface area (Å²) >= 11 is 1.21. The van der Waals surface area contributed by atoms with Gasteiger partial charge in [0.1, 0.15) is 0 Å². The van der Waals surface area contributed by atoms with Gasteiger partial charge in [0.25, 0.3) is 0 Å². The van der Waals surface area contributed by atoms with Gasteiger partial charge < -0.3 is 10.1 Å². The molecule has 0 unspecified atom stereocenters. The fourth-order valence-corrected chi connectivity index (χ4v) is 1.91. The van der Waals surface area contributed by atoms with Gasteiger partial charge in [-0.05, 0) is 12.8 Å². The molecule has 0 aromatic carbocycles. The Morgan fingerprint density at radius 1 is 1.50 bits per heavy atom. The van der Waals surface area contributed by atoms with Crippen LogP contribution in [0.2, 0.25) is 0 Å². The van der Waals surface area contributed by atoms with E-state index in [4.69, 9.17) is 0 Å². The van der Waals surface area contributed by atoms with Crippen LogP contribution in [0.15, 0.2) is 5.38 Å². The lowest BCUT2D eigenvalue weighted by atomic mass is 10.2. The van der Waals surface area contributed by atoms with Gasteiger partial charge in [-0.25, -0.2) is 9.78 Å². The average molecular weight is 282 g/mol. The lowest BCUT2D eigenvalue weighted by Gasteiger charge is -2.05. The monoisotopic (exact) mass is 282 g/mol. The van der Waals surface area contributed by atoms with Gasteiger partial charge in [-0.2, -0.15) is 13.2 Å². The highest BCUT2D eigenvalue weighted by Gasteiger charge is 2.25. The number of nitrogens with zero attached hydrogens (tertiary/aromatic N) is 1. The van der Waals surface area contributed by atoms with E-state index in [-0.39, 0.29) is 12.1 Å². The Bertz CT molecular complexity index is 393. The van der Waals surface area contributed by atoms with E-state index >= 15 is 0 Å². The molecule has 0 radical (unpaired) electrons. The molecule has 18 heavy (non-hydrogen) atoms. The van der Waals surface area contributed by atoms with E-state index in [2.05, 4.69) is 15.0 Å². The molecule has 0 aliphatic heterocycles. The Morgan fingerprint density at radius 2 is 2.22 bits per heavy atom. The van der Waals surface area contributed by atoms with E-state index in [1.807, 2.05) is 0 Å². The van der Waals surface area contributed by atoms with Crippen LogP contribution in [0.1, 0.15) is 29.8 Å². The standard InChI is InChI=1S/C10H13F3N2O2S/c1-17-8(16)7-6-18-9(15-7)14-5-3-2-4-10(11,12)13/h6H,2-5H2,1H3,(H,14,15). The first-order valence-electron chi connectivity index (χ1n) is 5.27. The predicted octanol–water partition coefficient (Wildman–Crippen LogP) is 3.07. The number of ether oxygens (including phenoxy) is 1. The number of unbranched alkanes of at least 4 members (excludes halogenated alkanes) is 1. The smallest absolute Gasteiger partial charge is 0.389 e. The number of rotatable bonds is 6. The molecule has 0 aliphatic rings. The highest BCUT2D eigenvalue weighted by atomic mass is 32.1. The third-order valence-corrected chi connectivity index (χ3v) is 2.86. The van der Waals surface area contributed by atoms with E-state index in [0.29, 0.717) is 18.1 Å². The van der Waals surface area contributed by atoms with Crippen molar-refractivity contribution in [3.8, 4) is 0 Å². The van der Waals surface area contributed by atoms with Gasteiger partial charge in [-0.3, -0.25) is 0 Å². The lowest BCUT2D eigenvalue weighted by Crippen LogP contribution is -2.09. The second kappa shape index (κ2) is 6.58. The van der Waals surface area contributed by atoms with Crippen molar-refractivity contribution in [2.45, 2.75) is 25.4 Å². The van der Waals surface area contributed by atoms with Crippen molar-refractivity contribution in [2.75, 3.05) is 19.0 Å². The summed E-state index contributed by atoms with van der Waals surface area (Å²) in [6.07, 6.45) is -4.41. The number of alkyl halides is 3. The molecule has 0 atom stereocenters. The maximum absolute atomic E-state index is 11.9. The largest absolute Gasteiger partial charge is 0.464 e. The third kappa shape index (κ3) is 5.35. The Balaban J connectivity index is 2.24. The minimum atomic E-state index is -4.10. The fourth-order valence-electron chi connectivity index (χ4n) is 1.20. The highest BCUT2D eigenvalue weighted by Crippen LogP contribution is 2.22. The van der Waals surface area contributed by atoms with Crippen molar-refractivity contribution in [1.82, 2.24) is 4.98 Å². The highest BCUT2D eigenvalue weighted by molar-refractivity contribution is 7.13. The van der Waals surface area contributed by atoms with Gasteiger partial charge in [-0.1, -0.05) is 0 Å². The minimum absolute atomic E-state index is 0.0751. The second-order valence-electron chi connectivity index (χ2n) is 3.53. The second-order valence-corrected chi connectivity index (χ2v) is 4.39. The summed E-state index contributed by atoms with van der Waals surface area (Å²) < 4.78 is 40.0. The molecule has 1 heterocycles. The predicted molar refractivity (Wildman–Crippen MR) is 61.8 cm³/mol. The topological polar surface area (TPSA) is 51.2 Å². The molecular formula is C10H13F3N2O2S. The molecule has 1 aromatic heterocycles. The van der Waals surface area contributed by atoms with E-state index in [0.717, 1.165) is 0 Å². The van der Waals surface area contributed by atoms with E-state index < -0.39 is 18.6 Å². The van der Waals surface area contributed by atoms with Crippen LogP contribution in [0.3, 0.4) is 0 Å². The van der Waals surface area contributed by atoms with Crippen LogP contribution in [-0.2, 0) is 4.74 Å². The van der Waals surface area contributed by atoms with E-state index in [1.165, 1.54) is 23.8 Å². The molecule has 1 N–H and O–H groups in total. The van der Waals surface area contributed by atoms with Crippen molar-refractivity contribution in [1.29, 1.82) is 0 Å². The first-order chi connectivity index (χ1) is 8.42. The lowest BCUT2D eigenvalue weighted by molar-refractivity contribution is -0.135. The molecule has 0 fully saturated rings. The molecular weight excluding hydrogens is 269 g/mol. The molecule has 4 nitrogen and oxygen atoms in total. The van der Waals surface area contributed by atoms with Gasteiger partial charge in [0, 0.05) is 18.3 Å². The molecule has 0 bridgehead atoms. The summed E-state index contributed by atoms with van der Waals surface area (Å²) in [5.74, 6) is -0.531. The van der Waals surface area contributed by atoms with Crippen LogP contribution in [0.25, 0.3) is 0 Å². The number of aromatic nitrogens is 1. The van der Waals surface area contributed by atoms with Gasteiger partial charge in [-0.15, -0.1) is 11.3 Å². The number of methoxy groups -OCH3 is 1. The van der Waals surface area contributed by atoms with Gasteiger partial charge in [0.15, 0.2) is 10.8 Å². The number of halogens is 3. The van der Waals surface area contributed by atoms with Crippen LogP contribution >= 0.6 is 11.3 Å².